The molecule has 0 saturated carbocycles. The van der Waals surface area contributed by atoms with Gasteiger partial charge >= 0.3 is 0 Å². The van der Waals surface area contributed by atoms with Crippen LogP contribution in [0.3, 0.4) is 0 Å². The van der Waals surface area contributed by atoms with Gasteiger partial charge in [-0.05, 0) is 49.4 Å². The molecule has 3 aromatic rings. The van der Waals surface area contributed by atoms with Crippen molar-refractivity contribution in [3.63, 3.8) is 0 Å². The van der Waals surface area contributed by atoms with Gasteiger partial charge in [0.15, 0.2) is 9.84 Å². The van der Waals surface area contributed by atoms with Crippen LogP contribution in [0.4, 0.5) is 0 Å². The maximum atomic E-state index is 13.1. The molecule has 8 heteroatoms. The lowest BCUT2D eigenvalue weighted by Crippen LogP contribution is -2.28. The molecule has 0 aromatic carbocycles. The van der Waals surface area contributed by atoms with Crippen LogP contribution in [-0.4, -0.2) is 32.3 Å². The lowest BCUT2D eigenvalue weighted by atomic mass is 10.1. The van der Waals surface area contributed by atoms with E-state index in [4.69, 9.17) is 0 Å². The minimum atomic E-state index is -3.52. The fourth-order valence-corrected chi connectivity index (χ4v) is 4.20. The number of hydrogen-bond acceptors (Lipinski definition) is 4. The van der Waals surface area contributed by atoms with E-state index in [-0.39, 0.29) is 0 Å². The van der Waals surface area contributed by atoms with E-state index in [0.717, 1.165) is 9.26 Å². The lowest BCUT2D eigenvalue weighted by Gasteiger charge is -2.21. The average Bonchev–Trinajstić information content (AvgIpc) is 3.03. The Kier molecular flexibility index (Phi) is 3.79. The molecule has 0 fully saturated rings. The van der Waals surface area contributed by atoms with Crippen molar-refractivity contribution in [1.82, 2.24) is 19.2 Å². The van der Waals surface area contributed by atoms with Gasteiger partial charge in [0.1, 0.15) is 9.35 Å². The van der Waals surface area contributed by atoms with E-state index in [1.165, 1.54) is 0 Å². The number of rotatable bonds is 2. The van der Waals surface area contributed by atoms with E-state index in [2.05, 4.69) is 32.7 Å². The second kappa shape index (κ2) is 5.30. The first-order chi connectivity index (χ1) is 10.6. The van der Waals surface area contributed by atoms with Crippen LogP contribution in [-0.2, 0) is 16.9 Å². The summed E-state index contributed by atoms with van der Waals surface area (Å²) in [4.78, 5) is 4.62. The van der Waals surface area contributed by atoms with Crippen LogP contribution in [0.15, 0.2) is 35.7 Å². The molecule has 0 N–H and O–H groups in total. The Balaban J connectivity index is 2.40. The quantitative estimate of drug-likeness (QED) is 0.571. The van der Waals surface area contributed by atoms with Crippen LogP contribution in [0.1, 0.15) is 20.8 Å². The average molecular weight is 444 g/mol. The maximum absolute atomic E-state index is 13.1. The molecule has 6 nitrogen and oxygen atoms in total. The first-order valence-corrected chi connectivity index (χ1v) is 9.58. The van der Waals surface area contributed by atoms with Crippen molar-refractivity contribution >= 4 is 38.1 Å². The Labute approximate surface area is 148 Å². The van der Waals surface area contributed by atoms with Crippen molar-refractivity contribution in [3.05, 3.63) is 34.6 Å². The summed E-state index contributed by atoms with van der Waals surface area (Å²) < 4.78 is 29.5. The molecule has 0 saturated heterocycles. The number of halogens is 1. The zero-order valence-corrected chi connectivity index (χ0v) is 16.3. The second-order valence-corrected chi connectivity index (χ2v) is 10.2. The van der Waals surface area contributed by atoms with Gasteiger partial charge in [0.2, 0.25) is 0 Å². The van der Waals surface area contributed by atoms with E-state index in [1.807, 2.05) is 0 Å². The summed E-state index contributed by atoms with van der Waals surface area (Å²) in [6, 6.07) is 1.80. The molecular weight excluding hydrogens is 427 g/mol. The van der Waals surface area contributed by atoms with Crippen LogP contribution < -0.4 is 0 Å². The van der Waals surface area contributed by atoms with Crippen molar-refractivity contribution in [2.24, 2.45) is 7.05 Å². The van der Waals surface area contributed by atoms with E-state index in [0.29, 0.717) is 16.1 Å². The van der Waals surface area contributed by atoms with Crippen LogP contribution in [0, 0.1) is 3.70 Å². The van der Waals surface area contributed by atoms with Crippen molar-refractivity contribution in [2.75, 3.05) is 0 Å². The number of aryl methyl sites for hydroxylation is 1. The molecule has 23 heavy (non-hydrogen) atoms. The summed E-state index contributed by atoms with van der Waals surface area (Å²) in [5, 5.41) is 4.16. The molecule has 0 spiro atoms. The zero-order valence-electron chi connectivity index (χ0n) is 13.3. The van der Waals surface area contributed by atoms with Gasteiger partial charge < -0.3 is 0 Å². The molecule has 0 unspecified atom stereocenters. The van der Waals surface area contributed by atoms with Gasteiger partial charge in [-0.1, -0.05) is 0 Å². The Morgan fingerprint density at radius 1 is 1.17 bits per heavy atom. The fraction of sp³-hybridized carbons (Fsp3) is 0.333. The molecular formula is C15H17IN4O2S. The SMILES string of the molecule is Cn1cc(-c2cc3ncc(I)n3cc2S(=O)(=O)C(C)(C)C)cn1. The molecule has 0 bridgehead atoms. The highest BCUT2D eigenvalue weighted by atomic mass is 127. The standard InChI is InChI=1S/C15H17IN4O2S/c1-15(2,3)23(21,22)12-9-20-13(16)7-17-14(20)5-11(12)10-6-18-19(4)8-10/h5-9H,1-4H3. The Morgan fingerprint density at radius 2 is 1.87 bits per heavy atom. The Bertz CT molecular complexity index is 996. The maximum Gasteiger partial charge on any atom is 0.185 e. The number of sulfone groups is 1. The third kappa shape index (κ3) is 2.67. The number of hydrogen-bond donors (Lipinski definition) is 0. The largest absolute Gasteiger partial charge is 0.294 e. The van der Waals surface area contributed by atoms with Gasteiger partial charge in [-0.2, -0.15) is 5.10 Å². The third-order valence-electron chi connectivity index (χ3n) is 3.68. The highest BCUT2D eigenvalue weighted by Crippen LogP contribution is 2.34. The summed E-state index contributed by atoms with van der Waals surface area (Å²) in [5.41, 5.74) is 2.10. The molecule has 0 atom stereocenters. The third-order valence-corrected chi connectivity index (χ3v) is 6.99. The molecule has 3 rings (SSSR count). The minimum Gasteiger partial charge on any atom is -0.294 e. The van der Waals surface area contributed by atoms with Crippen molar-refractivity contribution < 1.29 is 8.42 Å². The van der Waals surface area contributed by atoms with Gasteiger partial charge in [-0.3, -0.25) is 9.08 Å². The molecule has 0 aliphatic rings. The first kappa shape index (κ1) is 16.4. The predicted molar refractivity (Wildman–Crippen MR) is 97.0 cm³/mol. The first-order valence-electron chi connectivity index (χ1n) is 7.01. The summed E-state index contributed by atoms with van der Waals surface area (Å²) in [7, 11) is -1.72. The van der Waals surface area contributed by atoms with Crippen LogP contribution in [0.2, 0.25) is 0 Å². The molecule has 0 amide bonds. The van der Waals surface area contributed by atoms with Gasteiger partial charge in [-0.25, -0.2) is 13.4 Å². The van der Waals surface area contributed by atoms with Crippen molar-refractivity contribution in [1.29, 1.82) is 0 Å². The normalized spacial score (nSPS) is 12.9. The zero-order chi connectivity index (χ0) is 17.0. The van der Waals surface area contributed by atoms with Crippen LogP contribution in [0.5, 0.6) is 0 Å². The Hall–Kier alpha value is -1.42. The summed E-state index contributed by atoms with van der Waals surface area (Å²) >= 11 is 2.14. The van der Waals surface area contributed by atoms with E-state index >= 15 is 0 Å². The van der Waals surface area contributed by atoms with Gasteiger partial charge in [0, 0.05) is 30.6 Å². The molecule has 122 valence electrons. The predicted octanol–water partition coefficient (Wildman–Crippen LogP) is 2.91. The number of pyridine rings is 1. The number of imidazole rings is 1. The summed E-state index contributed by atoms with van der Waals surface area (Å²) in [6.07, 6.45) is 6.85. The smallest absolute Gasteiger partial charge is 0.185 e. The summed E-state index contributed by atoms with van der Waals surface area (Å²) in [5.74, 6) is 0. The van der Waals surface area contributed by atoms with Crippen molar-refractivity contribution in [3.8, 4) is 11.1 Å². The summed E-state index contributed by atoms with van der Waals surface area (Å²) in [6.45, 7) is 5.12. The highest BCUT2D eigenvalue weighted by molar-refractivity contribution is 14.1. The second-order valence-electron chi connectivity index (χ2n) is 6.38. The number of aromatic nitrogens is 4. The number of fused-ring (bicyclic) bond motifs is 1. The van der Waals surface area contributed by atoms with Crippen LogP contribution >= 0.6 is 22.6 Å². The number of nitrogens with zero attached hydrogens (tertiary/aromatic N) is 4. The van der Waals surface area contributed by atoms with E-state index < -0.39 is 14.6 Å². The highest BCUT2D eigenvalue weighted by Gasteiger charge is 2.34. The minimum absolute atomic E-state index is 0.293. The monoisotopic (exact) mass is 444 g/mol. The molecule has 3 heterocycles. The molecule has 0 aliphatic heterocycles. The van der Waals surface area contributed by atoms with E-state index in [1.54, 1.807) is 67.8 Å². The molecule has 0 radical (unpaired) electrons. The molecule has 0 aliphatic carbocycles. The lowest BCUT2D eigenvalue weighted by molar-refractivity contribution is 0.560. The topological polar surface area (TPSA) is 69.3 Å². The van der Waals surface area contributed by atoms with Gasteiger partial charge in [-0.15, -0.1) is 0 Å². The Morgan fingerprint density at radius 3 is 2.43 bits per heavy atom. The fourth-order valence-electron chi connectivity index (χ4n) is 2.30. The van der Waals surface area contributed by atoms with E-state index in [9.17, 15) is 8.42 Å². The molecule has 3 aromatic heterocycles. The van der Waals surface area contributed by atoms with Gasteiger partial charge in [0.25, 0.3) is 0 Å². The van der Waals surface area contributed by atoms with Crippen molar-refractivity contribution in [2.45, 2.75) is 30.4 Å². The van der Waals surface area contributed by atoms with Gasteiger partial charge in [0.05, 0.1) is 22.0 Å². The van der Waals surface area contributed by atoms with Crippen LogP contribution in [0.25, 0.3) is 16.8 Å².